The van der Waals surface area contributed by atoms with Crippen LogP contribution in [0.25, 0.3) is 0 Å². The smallest absolute Gasteiger partial charge is 0.229 e. The van der Waals surface area contributed by atoms with E-state index in [0.29, 0.717) is 25.3 Å². The van der Waals surface area contributed by atoms with Crippen molar-refractivity contribution < 1.29 is 14.4 Å². The Hall–Kier alpha value is -1.39. The van der Waals surface area contributed by atoms with Gasteiger partial charge in [0.15, 0.2) is 0 Å². The predicted octanol–water partition coefficient (Wildman–Crippen LogP) is 1.81. The van der Waals surface area contributed by atoms with Crippen molar-refractivity contribution in [3.05, 3.63) is 0 Å². The lowest BCUT2D eigenvalue weighted by molar-refractivity contribution is -0.164. The molecule has 130 valence electrons. The molecular weight excluding hydrogens is 304 g/mol. The monoisotopic (exact) mass is 330 g/mol. The van der Waals surface area contributed by atoms with Crippen molar-refractivity contribution >= 4 is 17.7 Å². The van der Waals surface area contributed by atoms with Gasteiger partial charge in [-0.05, 0) is 56.3 Å². The lowest BCUT2D eigenvalue weighted by Crippen LogP contribution is -2.61. The molecule has 2 saturated heterocycles. The summed E-state index contributed by atoms with van der Waals surface area (Å²) in [7, 11) is 0. The molecule has 0 N–H and O–H groups in total. The molecule has 5 heteroatoms. The van der Waals surface area contributed by atoms with Gasteiger partial charge in [-0.3, -0.25) is 19.3 Å². The molecule has 0 radical (unpaired) electrons. The lowest BCUT2D eigenvalue weighted by atomic mass is 9.49. The molecule has 0 unspecified atom stereocenters. The summed E-state index contributed by atoms with van der Waals surface area (Å²) < 4.78 is 0. The van der Waals surface area contributed by atoms with E-state index in [4.69, 9.17) is 0 Å². The zero-order chi connectivity index (χ0) is 16.5. The van der Waals surface area contributed by atoms with Gasteiger partial charge in [-0.2, -0.15) is 0 Å². The van der Waals surface area contributed by atoms with Crippen LogP contribution >= 0.6 is 0 Å². The van der Waals surface area contributed by atoms with Crippen LogP contribution < -0.4 is 0 Å². The molecule has 6 aliphatic rings. The third-order valence-electron chi connectivity index (χ3n) is 7.33. The van der Waals surface area contributed by atoms with Gasteiger partial charge >= 0.3 is 0 Å². The van der Waals surface area contributed by atoms with Crippen LogP contribution in [-0.4, -0.2) is 47.2 Å². The minimum Gasteiger partial charge on any atom is -0.341 e. The van der Waals surface area contributed by atoms with Crippen molar-refractivity contribution in [1.29, 1.82) is 0 Å². The third kappa shape index (κ3) is 2.16. The summed E-state index contributed by atoms with van der Waals surface area (Å²) in [5, 5.41) is 0. The molecule has 5 nitrogen and oxygen atoms in total. The number of amides is 3. The molecule has 6 rings (SSSR count). The average Bonchev–Trinajstić information content (AvgIpc) is 2.79. The molecule has 0 aromatic heterocycles. The molecule has 4 bridgehead atoms. The largest absolute Gasteiger partial charge is 0.341 e. The van der Waals surface area contributed by atoms with Gasteiger partial charge < -0.3 is 4.90 Å². The van der Waals surface area contributed by atoms with Gasteiger partial charge in [0.2, 0.25) is 17.7 Å². The second-order valence-corrected chi connectivity index (χ2v) is 9.17. The highest BCUT2D eigenvalue weighted by Gasteiger charge is 2.56. The summed E-state index contributed by atoms with van der Waals surface area (Å²) in [6.45, 7) is 1.98. The van der Waals surface area contributed by atoms with Crippen LogP contribution in [0.3, 0.4) is 0 Å². The minimum atomic E-state index is -0.0565. The maximum Gasteiger partial charge on any atom is 0.229 e. The normalized spacial score (nSPS) is 41.2. The summed E-state index contributed by atoms with van der Waals surface area (Å²) in [4.78, 5) is 40.1. The van der Waals surface area contributed by atoms with Gasteiger partial charge in [-0.1, -0.05) is 0 Å². The van der Waals surface area contributed by atoms with Gasteiger partial charge in [0.25, 0.3) is 0 Å². The summed E-state index contributed by atoms with van der Waals surface area (Å²) in [6.07, 6.45) is 8.13. The van der Waals surface area contributed by atoms with Crippen molar-refractivity contribution in [2.24, 2.45) is 29.1 Å². The molecule has 6 fully saturated rings. The van der Waals surface area contributed by atoms with E-state index in [0.717, 1.165) is 50.1 Å². The van der Waals surface area contributed by atoms with Crippen molar-refractivity contribution in [3.8, 4) is 0 Å². The van der Waals surface area contributed by atoms with E-state index in [2.05, 4.69) is 0 Å². The zero-order valence-electron chi connectivity index (χ0n) is 14.2. The number of imide groups is 1. The minimum absolute atomic E-state index is 0.0362. The van der Waals surface area contributed by atoms with Crippen LogP contribution in [0.2, 0.25) is 0 Å². The van der Waals surface area contributed by atoms with Crippen LogP contribution in [0.1, 0.15) is 51.4 Å². The molecule has 2 aliphatic heterocycles. The summed E-state index contributed by atoms with van der Waals surface area (Å²) >= 11 is 0. The van der Waals surface area contributed by atoms with Gasteiger partial charge in [-0.25, -0.2) is 0 Å². The first kappa shape index (κ1) is 14.9. The van der Waals surface area contributed by atoms with E-state index in [9.17, 15) is 14.4 Å². The molecule has 0 atom stereocenters. The van der Waals surface area contributed by atoms with Crippen molar-refractivity contribution in [3.63, 3.8) is 0 Å². The fourth-order valence-electron chi connectivity index (χ4n) is 6.64. The Morgan fingerprint density at radius 2 is 1.42 bits per heavy atom. The van der Waals surface area contributed by atoms with Crippen LogP contribution in [0.4, 0.5) is 0 Å². The fourth-order valence-corrected chi connectivity index (χ4v) is 6.64. The maximum atomic E-state index is 13.2. The van der Waals surface area contributed by atoms with Gasteiger partial charge in [-0.15, -0.1) is 0 Å². The molecule has 0 aromatic carbocycles. The first-order valence-electron chi connectivity index (χ1n) is 9.65. The van der Waals surface area contributed by atoms with E-state index >= 15 is 0 Å². The standard InChI is InChI=1S/C19H26N2O3/c22-16-1-2-17(23)21(16)11-15-9-20(10-15)18(24)19-6-12-3-13(7-19)5-14(4-12)8-19/h12-15H,1-11H2. The molecule has 0 spiro atoms. The second-order valence-electron chi connectivity index (χ2n) is 9.17. The van der Waals surface area contributed by atoms with Crippen molar-refractivity contribution in [2.45, 2.75) is 51.4 Å². The van der Waals surface area contributed by atoms with Gasteiger partial charge in [0, 0.05) is 38.4 Å². The predicted molar refractivity (Wildman–Crippen MR) is 86.6 cm³/mol. The summed E-state index contributed by atoms with van der Waals surface area (Å²) in [6, 6.07) is 0. The number of rotatable bonds is 3. The molecule has 4 aliphatic carbocycles. The van der Waals surface area contributed by atoms with Crippen molar-refractivity contribution in [2.75, 3.05) is 19.6 Å². The lowest BCUT2D eigenvalue weighted by Gasteiger charge is -2.58. The molecule has 3 amide bonds. The van der Waals surface area contributed by atoms with E-state index in [-0.39, 0.29) is 23.1 Å². The second kappa shape index (κ2) is 5.06. The highest BCUT2D eigenvalue weighted by molar-refractivity contribution is 6.01. The Labute approximate surface area is 142 Å². The molecule has 24 heavy (non-hydrogen) atoms. The Kier molecular flexibility index (Phi) is 3.14. The van der Waals surface area contributed by atoms with Crippen LogP contribution in [0, 0.1) is 29.1 Å². The number of hydrogen-bond acceptors (Lipinski definition) is 3. The van der Waals surface area contributed by atoms with Gasteiger partial charge in [0.1, 0.15) is 0 Å². The Balaban J connectivity index is 1.21. The number of nitrogens with zero attached hydrogens (tertiary/aromatic N) is 2. The van der Waals surface area contributed by atoms with Crippen molar-refractivity contribution in [1.82, 2.24) is 9.80 Å². The Morgan fingerprint density at radius 3 is 1.92 bits per heavy atom. The zero-order valence-corrected chi connectivity index (χ0v) is 14.2. The van der Waals surface area contributed by atoms with Crippen LogP contribution in [0.5, 0.6) is 0 Å². The first-order valence-corrected chi connectivity index (χ1v) is 9.65. The summed E-state index contributed by atoms with van der Waals surface area (Å²) in [5.41, 5.74) is -0.0565. The third-order valence-corrected chi connectivity index (χ3v) is 7.33. The quantitative estimate of drug-likeness (QED) is 0.742. The molecule has 4 saturated carbocycles. The number of carbonyl (C=O) groups excluding carboxylic acids is 3. The number of likely N-dealkylation sites (tertiary alicyclic amines) is 2. The van der Waals surface area contributed by atoms with E-state index in [1.165, 1.54) is 24.2 Å². The van der Waals surface area contributed by atoms with E-state index in [1.54, 1.807) is 0 Å². The Bertz CT molecular complexity index is 556. The molecule has 2 heterocycles. The molecular formula is C19H26N2O3. The topological polar surface area (TPSA) is 57.7 Å². The Morgan fingerprint density at radius 1 is 0.917 bits per heavy atom. The van der Waals surface area contributed by atoms with Crippen LogP contribution in [-0.2, 0) is 14.4 Å². The van der Waals surface area contributed by atoms with E-state index in [1.807, 2.05) is 4.90 Å². The highest BCUT2D eigenvalue weighted by atomic mass is 16.2. The maximum absolute atomic E-state index is 13.2. The number of hydrogen-bond donors (Lipinski definition) is 0. The van der Waals surface area contributed by atoms with E-state index < -0.39 is 0 Å². The number of carbonyl (C=O) groups is 3. The summed E-state index contributed by atoms with van der Waals surface area (Å²) in [5.74, 6) is 2.97. The van der Waals surface area contributed by atoms with Gasteiger partial charge in [0.05, 0.1) is 5.41 Å². The first-order chi connectivity index (χ1) is 11.5. The average molecular weight is 330 g/mol. The van der Waals surface area contributed by atoms with Crippen LogP contribution in [0.15, 0.2) is 0 Å². The molecule has 0 aromatic rings. The highest BCUT2D eigenvalue weighted by Crippen LogP contribution is 2.60. The fraction of sp³-hybridized carbons (Fsp3) is 0.842. The SMILES string of the molecule is O=C1CCC(=O)N1CC1CN(C(=O)C23CC4CC(CC(C4)C2)C3)C1.